The van der Waals surface area contributed by atoms with Gasteiger partial charge in [-0.05, 0) is 80.9 Å². The lowest BCUT2D eigenvalue weighted by molar-refractivity contribution is -0.132. The third-order valence-electron chi connectivity index (χ3n) is 5.83. The zero-order valence-corrected chi connectivity index (χ0v) is 21.0. The number of rotatable bonds is 8. The Morgan fingerprint density at radius 3 is 2.41 bits per heavy atom. The van der Waals surface area contributed by atoms with Crippen molar-refractivity contribution in [2.45, 2.75) is 32.9 Å². The molecular formula is C29H28FNO6. The molecule has 1 N–H and O–H groups in total. The second-order valence-electron chi connectivity index (χ2n) is 8.68. The number of hydrogen-bond acceptors (Lipinski definition) is 6. The Morgan fingerprint density at radius 2 is 1.76 bits per heavy atom. The largest absolute Gasteiger partial charge is 0.507 e. The van der Waals surface area contributed by atoms with Crippen LogP contribution < -0.4 is 19.1 Å². The molecule has 37 heavy (non-hydrogen) atoms. The number of nitrogens with zero attached hydrogens (tertiary/aromatic N) is 1. The normalized spacial score (nSPS) is 16.8. The number of Topliss-reactive ketones (excluding diaryl/α,β-unsaturated/α-hetero) is 1. The molecule has 0 aromatic heterocycles. The van der Waals surface area contributed by atoms with Crippen LogP contribution in [0, 0.1) is 5.82 Å². The highest BCUT2D eigenvalue weighted by Crippen LogP contribution is 2.44. The molecule has 0 saturated carbocycles. The fourth-order valence-electron chi connectivity index (χ4n) is 4.32. The highest BCUT2D eigenvalue weighted by atomic mass is 19.1. The van der Waals surface area contributed by atoms with Crippen LogP contribution in [-0.2, 0) is 9.59 Å². The highest BCUT2D eigenvalue weighted by molar-refractivity contribution is 6.51. The molecule has 1 saturated heterocycles. The Labute approximate surface area is 214 Å². The Kier molecular flexibility index (Phi) is 7.47. The molecule has 1 atom stereocenters. The molecule has 1 heterocycles. The van der Waals surface area contributed by atoms with Gasteiger partial charge in [0.15, 0.2) is 0 Å². The topological polar surface area (TPSA) is 85.3 Å². The minimum atomic E-state index is -1.01. The first-order valence-corrected chi connectivity index (χ1v) is 11.9. The van der Waals surface area contributed by atoms with Gasteiger partial charge in [-0.3, -0.25) is 14.5 Å². The summed E-state index contributed by atoms with van der Waals surface area (Å²) in [6, 6.07) is 16.3. The van der Waals surface area contributed by atoms with Gasteiger partial charge in [0.1, 0.15) is 28.8 Å². The summed E-state index contributed by atoms with van der Waals surface area (Å²) in [5.41, 5.74) is 0.732. The number of aliphatic hydroxyl groups is 1. The maximum absolute atomic E-state index is 14.2. The van der Waals surface area contributed by atoms with Gasteiger partial charge in [-0.1, -0.05) is 12.1 Å². The van der Waals surface area contributed by atoms with Gasteiger partial charge in [-0.2, -0.15) is 0 Å². The van der Waals surface area contributed by atoms with E-state index in [0.29, 0.717) is 29.4 Å². The van der Waals surface area contributed by atoms with Gasteiger partial charge >= 0.3 is 0 Å². The van der Waals surface area contributed by atoms with Crippen LogP contribution in [-0.4, -0.2) is 36.6 Å². The summed E-state index contributed by atoms with van der Waals surface area (Å²) < 4.78 is 30.8. The van der Waals surface area contributed by atoms with E-state index in [9.17, 15) is 19.1 Å². The first-order valence-electron chi connectivity index (χ1n) is 11.9. The SMILES string of the molecule is CCOc1ccc(N2C(=O)C(=O)/C(=C(/O)c3cc(F)ccc3OC)C2c2cccc(OC(C)C)c2)cc1. The molecule has 0 aliphatic carbocycles. The van der Waals surface area contributed by atoms with Crippen LogP contribution in [0.1, 0.15) is 37.9 Å². The number of carbonyl (C=O) groups excluding carboxylic acids is 2. The van der Waals surface area contributed by atoms with E-state index in [1.807, 2.05) is 20.8 Å². The van der Waals surface area contributed by atoms with Crippen LogP contribution in [0.3, 0.4) is 0 Å². The Bertz CT molecular complexity index is 1350. The molecule has 1 aliphatic heterocycles. The van der Waals surface area contributed by atoms with Gasteiger partial charge in [0.2, 0.25) is 0 Å². The van der Waals surface area contributed by atoms with Crippen molar-refractivity contribution in [2.75, 3.05) is 18.6 Å². The van der Waals surface area contributed by atoms with Gasteiger partial charge in [-0.15, -0.1) is 0 Å². The van der Waals surface area contributed by atoms with E-state index in [1.165, 1.54) is 24.1 Å². The van der Waals surface area contributed by atoms with E-state index >= 15 is 0 Å². The molecule has 3 aromatic carbocycles. The predicted molar refractivity (Wildman–Crippen MR) is 138 cm³/mol. The van der Waals surface area contributed by atoms with Crippen molar-refractivity contribution in [3.8, 4) is 17.2 Å². The average Bonchev–Trinajstić information content (AvgIpc) is 3.14. The lowest BCUT2D eigenvalue weighted by Crippen LogP contribution is -2.29. The second kappa shape index (κ2) is 10.7. The van der Waals surface area contributed by atoms with Gasteiger partial charge in [0.05, 0.1) is 37.0 Å². The molecule has 0 bridgehead atoms. The second-order valence-corrected chi connectivity index (χ2v) is 8.68. The number of hydrogen-bond donors (Lipinski definition) is 1. The van der Waals surface area contributed by atoms with Crippen molar-refractivity contribution in [1.82, 2.24) is 0 Å². The van der Waals surface area contributed by atoms with Crippen molar-refractivity contribution < 1.29 is 33.3 Å². The molecular weight excluding hydrogens is 477 g/mol. The highest BCUT2D eigenvalue weighted by Gasteiger charge is 2.47. The standard InChI is InChI=1S/C29H28FNO6/c1-5-36-21-12-10-20(11-13-21)31-26(18-7-6-8-22(15-18)37-17(2)3)25(28(33)29(31)34)27(32)23-16-19(30)9-14-24(23)35-4/h6-17,26,32H,5H2,1-4H3/b27-25+. The number of methoxy groups -OCH3 is 1. The zero-order chi connectivity index (χ0) is 26.7. The number of ketones is 1. The van der Waals surface area contributed by atoms with E-state index in [2.05, 4.69) is 0 Å². The molecule has 8 heteroatoms. The fourth-order valence-corrected chi connectivity index (χ4v) is 4.32. The molecule has 1 amide bonds. The summed E-state index contributed by atoms with van der Waals surface area (Å²) in [5, 5.41) is 11.4. The molecule has 1 aliphatic rings. The predicted octanol–water partition coefficient (Wildman–Crippen LogP) is 5.65. The number of anilines is 1. The summed E-state index contributed by atoms with van der Waals surface area (Å²) in [6.45, 7) is 6.10. The summed E-state index contributed by atoms with van der Waals surface area (Å²) in [7, 11) is 1.37. The van der Waals surface area contributed by atoms with Crippen molar-refractivity contribution in [3.63, 3.8) is 0 Å². The lowest BCUT2D eigenvalue weighted by Gasteiger charge is -2.26. The summed E-state index contributed by atoms with van der Waals surface area (Å²) in [6.07, 6.45) is -0.107. The van der Waals surface area contributed by atoms with Crippen molar-refractivity contribution in [1.29, 1.82) is 0 Å². The monoisotopic (exact) mass is 505 g/mol. The maximum atomic E-state index is 14.2. The molecule has 1 unspecified atom stereocenters. The van der Waals surface area contributed by atoms with Crippen molar-refractivity contribution >= 4 is 23.1 Å². The third kappa shape index (κ3) is 5.14. The Balaban J connectivity index is 1.94. The molecule has 4 rings (SSSR count). The molecule has 1 fully saturated rings. The van der Waals surface area contributed by atoms with Gasteiger partial charge < -0.3 is 19.3 Å². The van der Waals surface area contributed by atoms with Crippen LogP contribution in [0.15, 0.2) is 72.3 Å². The summed E-state index contributed by atoms with van der Waals surface area (Å²) >= 11 is 0. The maximum Gasteiger partial charge on any atom is 0.300 e. The minimum absolute atomic E-state index is 0.0354. The molecule has 192 valence electrons. The van der Waals surface area contributed by atoms with Crippen LogP contribution in [0.4, 0.5) is 10.1 Å². The van der Waals surface area contributed by atoms with E-state index < -0.39 is 29.3 Å². The minimum Gasteiger partial charge on any atom is -0.507 e. The van der Waals surface area contributed by atoms with E-state index in [4.69, 9.17) is 14.2 Å². The van der Waals surface area contributed by atoms with E-state index in [1.54, 1.807) is 48.5 Å². The number of carbonyl (C=O) groups is 2. The number of benzene rings is 3. The summed E-state index contributed by atoms with van der Waals surface area (Å²) in [5.74, 6) is -1.61. The molecule has 0 radical (unpaired) electrons. The van der Waals surface area contributed by atoms with Crippen molar-refractivity contribution in [3.05, 3.63) is 89.2 Å². The van der Waals surface area contributed by atoms with Crippen LogP contribution in [0.25, 0.3) is 5.76 Å². The number of amides is 1. The Morgan fingerprint density at radius 1 is 1.03 bits per heavy atom. The van der Waals surface area contributed by atoms with Gasteiger partial charge in [-0.25, -0.2) is 4.39 Å². The van der Waals surface area contributed by atoms with Gasteiger partial charge in [0, 0.05) is 5.69 Å². The van der Waals surface area contributed by atoms with E-state index in [-0.39, 0.29) is 23.0 Å². The average molecular weight is 506 g/mol. The van der Waals surface area contributed by atoms with E-state index in [0.717, 1.165) is 6.07 Å². The fraction of sp³-hybridized carbons (Fsp3) is 0.241. The first-order chi connectivity index (χ1) is 17.7. The van der Waals surface area contributed by atoms with Crippen LogP contribution in [0.2, 0.25) is 0 Å². The number of aliphatic hydroxyl groups excluding tert-OH is 1. The zero-order valence-electron chi connectivity index (χ0n) is 21.0. The van der Waals surface area contributed by atoms with Crippen LogP contribution in [0.5, 0.6) is 17.2 Å². The quantitative estimate of drug-likeness (QED) is 0.242. The van der Waals surface area contributed by atoms with Crippen LogP contribution >= 0.6 is 0 Å². The Hall–Kier alpha value is -4.33. The number of ether oxygens (including phenoxy) is 3. The first kappa shape index (κ1) is 25.8. The summed E-state index contributed by atoms with van der Waals surface area (Å²) in [4.78, 5) is 28.1. The van der Waals surface area contributed by atoms with Crippen molar-refractivity contribution in [2.24, 2.45) is 0 Å². The number of halogens is 1. The molecule has 7 nitrogen and oxygen atoms in total. The molecule has 0 spiro atoms. The molecule has 3 aromatic rings. The lowest BCUT2D eigenvalue weighted by atomic mass is 9.94. The van der Waals surface area contributed by atoms with Gasteiger partial charge in [0.25, 0.3) is 11.7 Å². The third-order valence-corrected chi connectivity index (χ3v) is 5.83. The smallest absolute Gasteiger partial charge is 0.300 e.